The minimum atomic E-state index is -0.781. The average Bonchev–Trinajstić information content (AvgIpc) is 2.72. The number of nitro benzene ring substituents is 1. The number of anilines is 1. The van der Waals surface area contributed by atoms with Gasteiger partial charge in [-0.25, -0.2) is 4.79 Å². The second kappa shape index (κ2) is 9.85. The molecule has 0 unspecified atom stereocenters. The van der Waals surface area contributed by atoms with Crippen LogP contribution in [0.5, 0.6) is 5.75 Å². The fraction of sp³-hybridized carbons (Fsp3) is 0.250. The lowest BCUT2D eigenvalue weighted by molar-refractivity contribution is -0.385. The van der Waals surface area contributed by atoms with Gasteiger partial charge >= 0.3 is 5.97 Å². The van der Waals surface area contributed by atoms with Crippen molar-refractivity contribution in [2.45, 2.75) is 13.3 Å². The number of hydrogen-bond donors (Lipinski definition) is 0. The number of nitriles is 1. The van der Waals surface area contributed by atoms with Gasteiger partial charge < -0.3 is 14.4 Å². The molecule has 0 aliphatic carbocycles. The zero-order valence-corrected chi connectivity index (χ0v) is 16.0. The van der Waals surface area contributed by atoms with Crippen LogP contribution in [0.25, 0.3) is 0 Å². The van der Waals surface area contributed by atoms with Gasteiger partial charge in [-0.15, -0.1) is 0 Å². The van der Waals surface area contributed by atoms with E-state index in [-0.39, 0.29) is 24.2 Å². The third kappa shape index (κ3) is 5.29. The van der Waals surface area contributed by atoms with Crippen molar-refractivity contribution >= 4 is 23.3 Å². The molecule has 0 heterocycles. The SMILES string of the molecule is COc1ccccc1N(CCC#N)C(=O)COC(=O)c1ccc([N+](=O)[O-])c(C)c1. The monoisotopic (exact) mass is 397 g/mol. The third-order valence-corrected chi connectivity index (χ3v) is 4.08. The molecule has 9 heteroatoms. The highest BCUT2D eigenvalue weighted by Crippen LogP contribution is 2.28. The normalized spacial score (nSPS) is 9.97. The first-order valence-electron chi connectivity index (χ1n) is 8.61. The van der Waals surface area contributed by atoms with Crippen molar-refractivity contribution in [3.8, 4) is 11.8 Å². The molecule has 2 aromatic rings. The van der Waals surface area contributed by atoms with E-state index in [1.807, 2.05) is 6.07 Å². The second-order valence-electron chi connectivity index (χ2n) is 5.96. The Bertz CT molecular complexity index is 967. The van der Waals surface area contributed by atoms with Crippen LogP contribution in [0.1, 0.15) is 22.3 Å². The Morgan fingerprint density at radius 2 is 1.97 bits per heavy atom. The number of methoxy groups -OCH3 is 1. The number of amides is 1. The first-order chi connectivity index (χ1) is 13.9. The standard InChI is InChI=1S/C20H19N3O6/c1-14-12-15(8-9-16(14)23(26)27)20(25)29-13-19(24)22(11-5-10-21)17-6-3-4-7-18(17)28-2/h3-4,6-9,12H,5,11,13H2,1-2H3. The summed E-state index contributed by atoms with van der Waals surface area (Å²) in [5.74, 6) is -0.871. The van der Waals surface area contributed by atoms with E-state index in [4.69, 9.17) is 14.7 Å². The topological polar surface area (TPSA) is 123 Å². The summed E-state index contributed by atoms with van der Waals surface area (Å²) in [5, 5.41) is 19.7. The van der Waals surface area contributed by atoms with Crippen LogP contribution in [0.2, 0.25) is 0 Å². The summed E-state index contributed by atoms with van der Waals surface area (Å²) in [6.45, 7) is 1.05. The number of hydrogen-bond acceptors (Lipinski definition) is 7. The first kappa shape index (κ1) is 21.4. The smallest absolute Gasteiger partial charge is 0.338 e. The highest BCUT2D eigenvalue weighted by Gasteiger charge is 2.21. The number of nitro groups is 1. The molecular formula is C20H19N3O6. The van der Waals surface area contributed by atoms with Crippen LogP contribution in [-0.4, -0.2) is 37.1 Å². The van der Waals surface area contributed by atoms with Gasteiger partial charge in [-0.1, -0.05) is 12.1 Å². The fourth-order valence-electron chi connectivity index (χ4n) is 2.67. The van der Waals surface area contributed by atoms with Crippen LogP contribution >= 0.6 is 0 Å². The highest BCUT2D eigenvalue weighted by atomic mass is 16.6. The van der Waals surface area contributed by atoms with E-state index in [1.165, 1.54) is 37.1 Å². The largest absolute Gasteiger partial charge is 0.495 e. The second-order valence-corrected chi connectivity index (χ2v) is 5.96. The molecule has 2 aromatic carbocycles. The van der Waals surface area contributed by atoms with Gasteiger partial charge in [0.2, 0.25) is 0 Å². The van der Waals surface area contributed by atoms with Gasteiger partial charge in [0.05, 0.1) is 35.8 Å². The molecule has 1 amide bonds. The van der Waals surface area contributed by atoms with Crippen molar-refractivity contribution < 1.29 is 24.0 Å². The predicted octanol–water partition coefficient (Wildman–Crippen LogP) is 3.02. The Morgan fingerprint density at radius 1 is 1.24 bits per heavy atom. The maximum absolute atomic E-state index is 12.7. The van der Waals surface area contributed by atoms with Crippen LogP contribution < -0.4 is 9.64 Å². The van der Waals surface area contributed by atoms with E-state index in [1.54, 1.807) is 24.3 Å². The maximum Gasteiger partial charge on any atom is 0.338 e. The minimum absolute atomic E-state index is 0.0826. The maximum atomic E-state index is 12.7. The van der Waals surface area contributed by atoms with Gasteiger partial charge in [0.15, 0.2) is 6.61 Å². The molecular weight excluding hydrogens is 378 g/mol. The number of ether oxygens (including phenoxy) is 2. The van der Waals surface area contributed by atoms with Gasteiger partial charge in [0.1, 0.15) is 5.75 Å². The average molecular weight is 397 g/mol. The summed E-state index contributed by atoms with van der Waals surface area (Å²) in [6.07, 6.45) is 0.0826. The Balaban J connectivity index is 2.13. The molecule has 0 radical (unpaired) electrons. The highest BCUT2D eigenvalue weighted by molar-refractivity contribution is 5.98. The van der Waals surface area contributed by atoms with Gasteiger partial charge in [0, 0.05) is 18.2 Å². The van der Waals surface area contributed by atoms with E-state index in [0.717, 1.165) is 0 Å². The van der Waals surface area contributed by atoms with E-state index in [9.17, 15) is 19.7 Å². The number of carbonyl (C=O) groups is 2. The van der Waals surface area contributed by atoms with Crippen LogP contribution in [0.15, 0.2) is 42.5 Å². The molecule has 29 heavy (non-hydrogen) atoms. The number of carbonyl (C=O) groups excluding carboxylic acids is 2. The van der Waals surface area contributed by atoms with Crippen molar-refractivity contribution in [2.75, 3.05) is 25.2 Å². The van der Waals surface area contributed by atoms with E-state index in [0.29, 0.717) is 17.0 Å². The zero-order valence-electron chi connectivity index (χ0n) is 16.0. The van der Waals surface area contributed by atoms with E-state index >= 15 is 0 Å². The van der Waals surface area contributed by atoms with Gasteiger partial charge in [0.25, 0.3) is 11.6 Å². The predicted molar refractivity (Wildman–Crippen MR) is 104 cm³/mol. The fourth-order valence-corrected chi connectivity index (χ4v) is 2.67. The number of nitrogens with zero attached hydrogens (tertiary/aromatic N) is 3. The molecule has 0 bridgehead atoms. The molecule has 150 valence electrons. The van der Waals surface area contributed by atoms with Crippen LogP contribution in [0.4, 0.5) is 11.4 Å². The minimum Gasteiger partial charge on any atom is -0.495 e. The third-order valence-electron chi connectivity index (χ3n) is 4.08. The Morgan fingerprint density at radius 3 is 2.59 bits per heavy atom. The molecule has 0 aliphatic rings. The van der Waals surface area contributed by atoms with E-state index < -0.39 is 23.4 Å². The van der Waals surface area contributed by atoms with Crippen molar-refractivity contribution in [2.24, 2.45) is 0 Å². The van der Waals surface area contributed by atoms with Gasteiger partial charge in [-0.05, 0) is 31.2 Å². The van der Waals surface area contributed by atoms with Crippen molar-refractivity contribution in [3.05, 3.63) is 63.7 Å². The first-order valence-corrected chi connectivity index (χ1v) is 8.61. The van der Waals surface area contributed by atoms with Crippen molar-refractivity contribution in [1.82, 2.24) is 0 Å². The summed E-state index contributed by atoms with van der Waals surface area (Å²) in [7, 11) is 1.46. The summed E-state index contributed by atoms with van der Waals surface area (Å²) in [4.78, 5) is 36.5. The Kier molecular flexibility index (Phi) is 7.26. The summed E-state index contributed by atoms with van der Waals surface area (Å²) < 4.78 is 10.3. The Labute approximate surface area is 167 Å². The summed E-state index contributed by atoms with van der Waals surface area (Å²) >= 11 is 0. The molecule has 0 atom stereocenters. The summed E-state index contributed by atoms with van der Waals surface area (Å²) in [6, 6.07) is 12.6. The van der Waals surface area contributed by atoms with Gasteiger partial charge in [-0.3, -0.25) is 14.9 Å². The number of aryl methyl sites for hydroxylation is 1. The number of benzene rings is 2. The van der Waals surface area contributed by atoms with Crippen molar-refractivity contribution in [1.29, 1.82) is 5.26 Å². The van der Waals surface area contributed by atoms with Crippen LogP contribution in [-0.2, 0) is 9.53 Å². The molecule has 0 saturated heterocycles. The Hall–Kier alpha value is -3.93. The van der Waals surface area contributed by atoms with Gasteiger partial charge in [-0.2, -0.15) is 5.26 Å². The quantitative estimate of drug-likeness (QED) is 0.381. The molecule has 0 fully saturated rings. The molecule has 0 saturated carbocycles. The number of para-hydroxylation sites is 2. The lowest BCUT2D eigenvalue weighted by Crippen LogP contribution is -2.35. The van der Waals surface area contributed by atoms with Crippen molar-refractivity contribution in [3.63, 3.8) is 0 Å². The molecule has 0 aromatic heterocycles. The zero-order chi connectivity index (χ0) is 21.4. The van der Waals surface area contributed by atoms with Crippen LogP contribution in [0, 0.1) is 28.4 Å². The molecule has 0 N–H and O–H groups in total. The number of esters is 1. The molecule has 0 spiro atoms. The van der Waals surface area contributed by atoms with Crippen LogP contribution in [0.3, 0.4) is 0 Å². The lowest BCUT2D eigenvalue weighted by atomic mass is 10.1. The molecule has 2 rings (SSSR count). The molecule has 0 aliphatic heterocycles. The van der Waals surface area contributed by atoms with E-state index in [2.05, 4.69) is 0 Å². The lowest BCUT2D eigenvalue weighted by Gasteiger charge is -2.23. The number of rotatable bonds is 8. The molecule has 9 nitrogen and oxygen atoms in total. The summed E-state index contributed by atoms with van der Waals surface area (Å²) in [5.41, 5.74) is 0.746.